The summed E-state index contributed by atoms with van der Waals surface area (Å²) in [4.78, 5) is 12.4. The van der Waals surface area contributed by atoms with Crippen molar-refractivity contribution in [3.63, 3.8) is 0 Å². The lowest BCUT2D eigenvalue weighted by Crippen LogP contribution is -2.14. The molecule has 1 N–H and O–H groups in total. The summed E-state index contributed by atoms with van der Waals surface area (Å²) in [6.45, 7) is 7.10. The number of aryl methyl sites for hydroxylation is 1. The number of carbonyl (C=O) groups excluding carboxylic acids is 1. The molecule has 0 bridgehead atoms. The summed E-state index contributed by atoms with van der Waals surface area (Å²) in [6, 6.07) is 11.4. The van der Waals surface area contributed by atoms with Crippen LogP contribution < -0.4 is 5.32 Å². The average Bonchev–Trinajstić information content (AvgIpc) is 2.53. The lowest BCUT2D eigenvalue weighted by atomic mass is 9.93. The zero-order chi connectivity index (χ0) is 17.9. The third-order valence-electron chi connectivity index (χ3n) is 4.30. The minimum Gasteiger partial charge on any atom is -0.322 e. The monoisotopic (exact) mass is 331 g/mol. The van der Waals surface area contributed by atoms with Crippen LogP contribution in [0.5, 0.6) is 0 Å². The quantitative estimate of drug-likeness (QED) is 0.729. The van der Waals surface area contributed by atoms with Gasteiger partial charge in [-0.25, -0.2) is 8.78 Å². The minimum atomic E-state index is -2.94. The van der Waals surface area contributed by atoms with Crippen LogP contribution in [0.15, 0.2) is 42.5 Å². The van der Waals surface area contributed by atoms with Gasteiger partial charge in [-0.3, -0.25) is 4.79 Å². The van der Waals surface area contributed by atoms with Gasteiger partial charge in [0.25, 0.3) is 11.8 Å². The number of amides is 1. The Labute approximate surface area is 141 Å². The molecule has 0 aliphatic carbocycles. The van der Waals surface area contributed by atoms with Gasteiger partial charge in [0.05, 0.1) is 0 Å². The number of hydrogen-bond donors (Lipinski definition) is 1. The molecule has 2 aromatic carbocycles. The number of carbonyl (C=O) groups is 1. The molecule has 2 aromatic rings. The van der Waals surface area contributed by atoms with E-state index in [0.29, 0.717) is 17.2 Å². The molecule has 24 heavy (non-hydrogen) atoms. The molecule has 0 spiro atoms. The summed E-state index contributed by atoms with van der Waals surface area (Å²) in [5, 5.41) is 2.69. The fourth-order valence-corrected chi connectivity index (χ4v) is 2.66. The Kier molecular flexibility index (Phi) is 5.37. The van der Waals surface area contributed by atoms with Crippen molar-refractivity contribution in [3.8, 4) is 0 Å². The highest BCUT2D eigenvalue weighted by Gasteiger charge is 2.24. The van der Waals surface area contributed by atoms with E-state index < -0.39 is 5.92 Å². The van der Waals surface area contributed by atoms with E-state index in [-0.39, 0.29) is 11.5 Å². The molecule has 1 amide bonds. The third-order valence-corrected chi connectivity index (χ3v) is 4.30. The van der Waals surface area contributed by atoms with Crippen LogP contribution in [0.25, 0.3) is 0 Å². The van der Waals surface area contributed by atoms with Crippen molar-refractivity contribution >= 4 is 11.6 Å². The molecule has 0 aliphatic rings. The smallest absolute Gasteiger partial charge is 0.270 e. The molecule has 128 valence electrons. The van der Waals surface area contributed by atoms with Gasteiger partial charge in [-0.05, 0) is 54.7 Å². The molecule has 1 unspecified atom stereocenters. The molecule has 0 heterocycles. The Bertz CT molecular complexity index is 735. The molecule has 0 fully saturated rings. The van der Waals surface area contributed by atoms with Gasteiger partial charge in [-0.2, -0.15) is 0 Å². The molecular formula is C20H23F2NO. The first-order valence-corrected chi connectivity index (χ1v) is 8.12. The molecule has 0 aromatic heterocycles. The number of anilines is 1. The number of nitrogens with one attached hydrogen (secondary N) is 1. The number of alkyl halides is 2. The predicted octanol–water partition coefficient (Wildman–Crippen LogP) is 5.87. The van der Waals surface area contributed by atoms with Crippen LogP contribution in [0, 0.1) is 6.92 Å². The van der Waals surface area contributed by atoms with E-state index >= 15 is 0 Å². The maximum Gasteiger partial charge on any atom is 0.270 e. The van der Waals surface area contributed by atoms with Crippen molar-refractivity contribution in [1.29, 1.82) is 0 Å². The normalized spacial score (nSPS) is 12.8. The SMILES string of the molecule is CCC(C)c1ccc(C(=O)Nc2cccc(C(C)(F)F)c2)cc1C. The van der Waals surface area contributed by atoms with E-state index in [1.807, 2.05) is 19.1 Å². The number of hydrogen-bond acceptors (Lipinski definition) is 1. The Morgan fingerprint density at radius 1 is 1.21 bits per heavy atom. The van der Waals surface area contributed by atoms with E-state index in [4.69, 9.17) is 0 Å². The van der Waals surface area contributed by atoms with Crippen LogP contribution >= 0.6 is 0 Å². The second kappa shape index (κ2) is 7.12. The topological polar surface area (TPSA) is 29.1 Å². The first kappa shape index (κ1) is 18.1. The van der Waals surface area contributed by atoms with E-state index in [9.17, 15) is 13.6 Å². The molecule has 0 saturated heterocycles. The van der Waals surface area contributed by atoms with E-state index in [2.05, 4.69) is 19.2 Å². The van der Waals surface area contributed by atoms with Gasteiger partial charge in [0.2, 0.25) is 0 Å². The summed E-state index contributed by atoms with van der Waals surface area (Å²) in [6.07, 6.45) is 1.03. The zero-order valence-corrected chi connectivity index (χ0v) is 14.5. The predicted molar refractivity (Wildman–Crippen MR) is 93.8 cm³/mol. The van der Waals surface area contributed by atoms with Crippen LogP contribution in [0.2, 0.25) is 0 Å². The first-order valence-electron chi connectivity index (χ1n) is 8.12. The maximum absolute atomic E-state index is 13.4. The van der Waals surface area contributed by atoms with Gasteiger partial charge < -0.3 is 5.32 Å². The molecule has 4 heteroatoms. The van der Waals surface area contributed by atoms with Crippen molar-refractivity contribution in [1.82, 2.24) is 0 Å². The summed E-state index contributed by atoms with van der Waals surface area (Å²) >= 11 is 0. The lowest BCUT2D eigenvalue weighted by molar-refractivity contribution is 0.0175. The second-order valence-corrected chi connectivity index (χ2v) is 6.30. The highest BCUT2D eigenvalue weighted by atomic mass is 19.3. The fourth-order valence-electron chi connectivity index (χ4n) is 2.66. The van der Waals surface area contributed by atoms with Gasteiger partial charge in [-0.1, -0.05) is 32.0 Å². The Morgan fingerprint density at radius 2 is 1.92 bits per heavy atom. The van der Waals surface area contributed by atoms with Gasteiger partial charge in [0, 0.05) is 23.7 Å². The lowest BCUT2D eigenvalue weighted by Gasteiger charge is -2.15. The summed E-state index contributed by atoms with van der Waals surface area (Å²) in [5.41, 5.74) is 3.05. The van der Waals surface area contributed by atoms with Crippen LogP contribution in [-0.4, -0.2) is 5.91 Å². The van der Waals surface area contributed by atoms with E-state index in [1.54, 1.807) is 12.1 Å². The molecule has 0 radical (unpaired) electrons. The largest absolute Gasteiger partial charge is 0.322 e. The van der Waals surface area contributed by atoms with Crippen LogP contribution in [0.1, 0.15) is 60.2 Å². The number of halogens is 2. The second-order valence-electron chi connectivity index (χ2n) is 6.30. The number of rotatable bonds is 5. The van der Waals surface area contributed by atoms with Crippen LogP contribution in [0.4, 0.5) is 14.5 Å². The van der Waals surface area contributed by atoms with Crippen molar-refractivity contribution in [2.75, 3.05) is 5.32 Å². The van der Waals surface area contributed by atoms with Gasteiger partial charge in [0.15, 0.2) is 0 Å². The molecular weight excluding hydrogens is 308 g/mol. The molecule has 2 nitrogen and oxygen atoms in total. The molecule has 0 aliphatic heterocycles. The molecule has 1 atom stereocenters. The standard InChI is InChI=1S/C20H23F2NO/c1-5-13(2)18-10-9-15(11-14(18)3)19(24)23-17-8-6-7-16(12-17)20(4,21)22/h6-13H,5H2,1-4H3,(H,23,24). The van der Waals surface area contributed by atoms with Crippen molar-refractivity contribution in [2.45, 2.75) is 46.0 Å². The minimum absolute atomic E-state index is 0.122. The highest BCUT2D eigenvalue weighted by molar-refractivity contribution is 6.04. The fraction of sp³-hybridized carbons (Fsp3) is 0.350. The third kappa shape index (κ3) is 4.19. The average molecular weight is 331 g/mol. The molecule has 2 rings (SSSR count). The van der Waals surface area contributed by atoms with Gasteiger partial charge in [0.1, 0.15) is 0 Å². The van der Waals surface area contributed by atoms with Crippen molar-refractivity contribution < 1.29 is 13.6 Å². The summed E-state index contributed by atoms with van der Waals surface area (Å²) < 4.78 is 26.8. The van der Waals surface area contributed by atoms with Crippen LogP contribution in [0.3, 0.4) is 0 Å². The summed E-state index contributed by atoms with van der Waals surface area (Å²) in [5.74, 6) is -2.80. The Balaban J connectivity index is 2.20. The van der Waals surface area contributed by atoms with E-state index in [1.165, 1.54) is 23.8 Å². The zero-order valence-electron chi connectivity index (χ0n) is 14.5. The van der Waals surface area contributed by atoms with Crippen molar-refractivity contribution in [3.05, 3.63) is 64.7 Å². The first-order chi connectivity index (χ1) is 11.2. The Morgan fingerprint density at radius 3 is 2.50 bits per heavy atom. The molecule has 0 saturated carbocycles. The maximum atomic E-state index is 13.4. The van der Waals surface area contributed by atoms with Crippen molar-refractivity contribution in [2.24, 2.45) is 0 Å². The highest BCUT2D eigenvalue weighted by Crippen LogP contribution is 2.29. The Hall–Kier alpha value is -2.23. The van der Waals surface area contributed by atoms with Gasteiger partial charge in [-0.15, -0.1) is 0 Å². The van der Waals surface area contributed by atoms with Gasteiger partial charge >= 0.3 is 0 Å². The van der Waals surface area contributed by atoms with Crippen LogP contribution in [-0.2, 0) is 5.92 Å². The number of benzene rings is 2. The summed E-state index contributed by atoms with van der Waals surface area (Å²) in [7, 11) is 0. The van der Waals surface area contributed by atoms with E-state index in [0.717, 1.165) is 18.9 Å².